The van der Waals surface area contributed by atoms with E-state index in [-0.39, 0.29) is 5.75 Å². The van der Waals surface area contributed by atoms with E-state index < -0.39 is 10.7 Å². The Balaban J connectivity index is 2.59. The van der Waals surface area contributed by atoms with E-state index >= 15 is 0 Å². The molecule has 0 atom stereocenters. The van der Waals surface area contributed by atoms with Crippen molar-refractivity contribution in [2.45, 2.75) is 6.42 Å². The Morgan fingerprint density at radius 2 is 2.17 bits per heavy atom. The smallest absolute Gasteiger partial charge is 0.140 e. The molecule has 5 heteroatoms. The lowest BCUT2D eigenvalue weighted by Crippen LogP contribution is -1.94. The van der Waals surface area contributed by atoms with Crippen LogP contribution in [0.25, 0.3) is 0 Å². The molecule has 0 fully saturated rings. The highest BCUT2D eigenvalue weighted by Crippen LogP contribution is 2.05. The highest BCUT2D eigenvalue weighted by Gasteiger charge is 1.94. The topological polar surface area (TPSA) is 47.0 Å². The third kappa shape index (κ3) is 3.19. The first-order valence-electron chi connectivity index (χ1n) is 3.41. The van der Waals surface area contributed by atoms with Crippen LogP contribution in [0.1, 0.15) is 5.56 Å². The van der Waals surface area contributed by atoms with E-state index in [0.717, 1.165) is 5.56 Å². The van der Waals surface area contributed by atoms with Gasteiger partial charge in [-0.3, -0.25) is 0 Å². The molecule has 1 rings (SSSR count). The second-order valence-electron chi connectivity index (χ2n) is 2.30. The second kappa shape index (κ2) is 4.42. The van der Waals surface area contributed by atoms with Crippen molar-refractivity contribution in [1.82, 2.24) is 4.98 Å². The number of hydrogen-bond donors (Lipinski definition) is 1. The van der Waals surface area contributed by atoms with Gasteiger partial charge < -0.3 is 0 Å². The number of hydrogen-bond acceptors (Lipinski definition) is 3. The molecule has 0 spiro atoms. The lowest BCUT2D eigenvalue weighted by Gasteiger charge is -1.95. The van der Waals surface area contributed by atoms with Crippen LogP contribution in [0.15, 0.2) is 18.3 Å². The predicted molar refractivity (Wildman–Crippen MR) is 48.1 cm³/mol. The van der Waals surface area contributed by atoms with Gasteiger partial charge in [-0.25, -0.2) is 13.4 Å². The monoisotopic (exact) mass is 205 g/mol. The second-order valence-corrected chi connectivity index (χ2v) is 3.80. The Bertz CT molecular complexity index is 313. The molecule has 12 heavy (non-hydrogen) atoms. The average Bonchev–Trinajstić information content (AvgIpc) is 2.03. The fourth-order valence-corrected chi connectivity index (χ4v) is 1.33. The van der Waals surface area contributed by atoms with Crippen LogP contribution >= 0.6 is 11.6 Å². The standard InChI is InChI=1S/C7H8ClNO2S/c8-7-2-1-6(5-9-7)3-4-12(10)11/h1-2,5,12H,3-4H2. The summed E-state index contributed by atoms with van der Waals surface area (Å²) in [5, 5.41) is 0.422. The third-order valence-corrected chi connectivity index (χ3v) is 2.18. The zero-order chi connectivity index (χ0) is 8.97. The number of halogens is 1. The fourth-order valence-electron chi connectivity index (χ4n) is 0.775. The minimum atomic E-state index is -2.29. The Labute approximate surface area is 77.3 Å². The molecule has 1 aromatic heterocycles. The highest BCUT2D eigenvalue weighted by molar-refractivity contribution is 7.72. The van der Waals surface area contributed by atoms with Crippen molar-refractivity contribution in [2.24, 2.45) is 0 Å². The molecule has 0 amide bonds. The van der Waals surface area contributed by atoms with Crippen molar-refractivity contribution in [3.8, 4) is 0 Å². The van der Waals surface area contributed by atoms with Crippen molar-refractivity contribution in [3.63, 3.8) is 0 Å². The first kappa shape index (κ1) is 9.48. The largest absolute Gasteiger partial charge is 0.244 e. The number of aryl methyl sites for hydroxylation is 1. The molecule has 3 nitrogen and oxygen atoms in total. The van der Waals surface area contributed by atoms with Gasteiger partial charge in [-0.2, -0.15) is 0 Å². The van der Waals surface area contributed by atoms with E-state index in [2.05, 4.69) is 4.98 Å². The zero-order valence-electron chi connectivity index (χ0n) is 6.24. The SMILES string of the molecule is O=[SH](=O)CCc1ccc(Cl)nc1. The van der Waals surface area contributed by atoms with Crippen molar-refractivity contribution in [3.05, 3.63) is 29.0 Å². The van der Waals surface area contributed by atoms with Crippen LogP contribution in [0.2, 0.25) is 5.15 Å². The van der Waals surface area contributed by atoms with Gasteiger partial charge in [0.25, 0.3) is 0 Å². The summed E-state index contributed by atoms with van der Waals surface area (Å²) in [5.41, 5.74) is 0.888. The van der Waals surface area contributed by atoms with Gasteiger partial charge in [0.1, 0.15) is 15.9 Å². The first-order valence-corrected chi connectivity index (χ1v) is 5.15. The first-order chi connectivity index (χ1) is 5.68. The van der Waals surface area contributed by atoms with Gasteiger partial charge in [0, 0.05) is 6.20 Å². The van der Waals surface area contributed by atoms with Crippen molar-refractivity contribution in [2.75, 3.05) is 5.75 Å². The van der Waals surface area contributed by atoms with E-state index in [1.54, 1.807) is 18.3 Å². The summed E-state index contributed by atoms with van der Waals surface area (Å²) in [4.78, 5) is 3.83. The summed E-state index contributed by atoms with van der Waals surface area (Å²) in [7, 11) is -2.29. The van der Waals surface area contributed by atoms with Gasteiger partial charge in [-0.1, -0.05) is 17.7 Å². The van der Waals surface area contributed by atoms with Gasteiger partial charge >= 0.3 is 0 Å². The molecular weight excluding hydrogens is 198 g/mol. The van der Waals surface area contributed by atoms with E-state index in [0.29, 0.717) is 11.6 Å². The fraction of sp³-hybridized carbons (Fsp3) is 0.286. The summed E-state index contributed by atoms with van der Waals surface area (Å²) in [5.74, 6) is 0.165. The molecule has 1 aromatic rings. The summed E-state index contributed by atoms with van der Waals surface area (Å²) < 4.78 is 20.5. The Kier molecular flexibility index (Phi) is 3.49. The third-order valence-electron chi connectivity index (χ3n) is 1.37. The van der Waals surface area contributed by atoms with Crippen LogP contribution < -0.4 is 0 Å². The van der Waals surface area contributed by atoms with Crippen molar-refractivity contribution >= 4 is 22.3 Å². The summed E-state index contributed by atoms with van der Waals surface area (Å²) >= 11 is 5.54. The molecule has 0 aliphatic heterocycles. The molecule has 66 valence electrons. The molecule has 0 radical (unpaired) electrons. The van der Waals surface area contributed by atoms with Crippen molar-refractivity contribution in [1.29, 1.82) is 0 Å². The number of pyridine rings is 1. The van der Waals surface area contributed by atoms with E-state index in [9.17, 15) is 8.42 Å². The maximum Gasteiger partial charge on any atom is 0.140 e. The van der Waals surface area contributed by atoms with Crippen molar-refractivity contribution < 1.29 is 8.42 Å². The molecule has 0 bridgehead atoms. The van der Waals surface area contributed by atoms with E-state index in [1.807, 2.05) is 0 Å². The van der Waals surface area contributed by atoms with Crippen LogP contribution in [0, 0.1) is 0 Å². The molecule has 1 heterocycles. The van der Waals surface area contributed by atoms with Crippen LogP contribution in [0.4, 0.5) is 0 Å². The van der Waals surface area contributed by atoms with Gasteiger partial charge in [-0.05, 0) is 18.1 Å². The molecule has 0 saturated carbocycles. The number of rotatable bonds is 3. The average molecular weight is 206 g/mol. The maximum absolute atomic E-state index is 10.2. The summed E-state index contributed by atoms with van der Waals surface area (Å²) in [6.45, 7) is 0. The predicted octanol–water partition coefficient (Wildman–Crippen LogP) is 0.889. The molecule has 0 unspecified atom stereocenters. The minimum absolute atomic E-state index is 0.165. The molecule has 0 aromatic carbocycles. The zero-order valence-corrected chi connectivity index (χ0v) is 7.89. The molecule has 0 N–H and O–H groups in total. The lowest BCUT2D eigenvalue weighted by molar-refractivity contribution is 0.614. The van der Waals surface area contributed by atoms with Crippen LogP contribution in [-0.4, -0.2) is 19.2 Å². The summed E-state index contributed by atoms with van der Waals surface area (Å²) in [6, 6.07) is 3.42. The Hall–Kier alpha value is -0.610. The number of aromatic nitrogens is 1. The van der Waals surface area contributed by atoms with E-state index in [4.69, 9.17) is 11.6 Å². The van der Waals surface area contributed by atoms with Gasteiger partial charge in [0.2, 0.25) is 0 Å². The lowest BCUT2D eigenvalue weighted by atomic mass is 10.2. The normalized spacial score (nSPS) is 10.5. The Morgan fingerprint density at radius 1 is 1.42 bits per heavy atom. The Morgan fingerprint density at radius 3 is 2.67 bits per heavy atom. The van der Waals surface area contributed by atoms with Crippen LogP contribution in [0.5, 0.6) is 0 Å². The van der Waals surface area contributed by atoms with Gasteiger partial charge in [0.05, 0.1) is 5.75 Å². The quantitative estimate of drug-likeness (QED) is 0.589. The molecule has 0 aliphatic rings. The maximum atomic E-state index is 10.2. The van der Waals surface area contributed by atoms with Gasteiger partial charge in [0.15, 0.2) is 0 Å². The highest BCUT2D eigenvalue weighted by atomic mass is 35.5. The van der Waals surface area contributed by atoms with Crippen LogP contribution in [0.3, 0.4) is 0 Å². The van der Waals surface area contributed by atoms with Crippen LogP contribution in [-0.2, 0) is 17.1 Å². The molecule has 0 saturated heterocycles. The van der Waals surface area contributed by atoms with Gasteiger partial charge in [-0.15, -0.1) is 0 Å². The molecular formula is C7H8ClNO2S. The minimum Gasteiger partial charge on any atom is -0.244 e. The summed E-state index contributed by atoms with van der Waals surface area (Å²) in [6.07, 6.45) is 2.09. The molecule has 0 aliphatic carbocycles. The van der Waals surface area contributed by atoms with E-state index in [1.165, 1.54) is 0 Å². The number of thiol groups is 1. The number of nitrogens with zero attached hydrogens (tertiary/aromatic N) is 1.